The van der Waals surface area contributed by atoms with E-state index >= 15 is 0 Å². The zero-order valence-corrected chi connectivity index (χ0v) is 8.70. The number of aromatic nitrogens is 2. The van der Waals surface area contributed by atoms with E-state index in [1.54, 1.807) is 12.4 Å². The van der Waals surface area contributed by atoms with Gasteiger partial charge in [-0.2, -0.15) is 0 Å². The van der Waals surface area contributed by atoms with Gasteiger partial charge in [0.05, 0.1) is 5.69 Å². The van der Waals surface area contributed by atoms with Gasteiger partial charge in [-0.15, -0.1) is 0 Å². The molecule has 0 aliphatic heterocycles. The van der Waals surface area contributed by atoms with Crippen molar-refractivity contribution in [3.8, 4) is 0 Å². The van der Waals surface area contributed by atoms with Gasteiger partial charge in [0.25, 0.3) is 0 Å². The maximum Gasteiger partial charge on any atom is 0.0589 e. The average Bonchev–Trinajstić information content (AvgIpc) is 2.04. The zero-order valence-electron chi connectivity index (χ0n) is 8.70. The van der Waals surface area contributed by atoms with Crippen LogP contribution in [0.4, 0.5) is 0 Å². The third-order valence-corrected chi connectivity index (χ3v) is 2.05. The molecule has 1 aromatic heterocycles. The van der Waals surface area contributed by atoms with Gasteiger partial charge < -0.3 is 0 Å². The van der Waals surface area contributed by atoms with Crippen molar-refractivity contribution < 1.29 is 0 Å². The minimum Gasteiger partial charge on any atom is -0.261 e. The summed E-state index contributed by atoms with van der Waals surface area (Å²) >= 11 is 0. The molecule has 0 aliphatic carbocycles. The molecule has 0 saturated carbocycles. The molecule has 72 valence electrons. The van der Waals surface area contributed by atoms with E-state index in [0.717, 1.165) is 18.0 Å². The maximum atomic E-state index is 4.26. The summed E-state index contributed by atoms with van der Waals surface area (Å²) in [6.45, 7) is 6.79. The number of hydrogen-bond donors (Lipinski definition) is 0. The van der Waals surface area contributed by atoms with Gasteiger partial charge in [0.1, 0.15) is 0 Å². The molecule has 13 heavy (non-hydrogen) atoms. The smallest absolute Gasteiger partial charge is 0.0589 e. The van der Waals surface area contributed by atoms with Crippen molar-refractivity contribution in [2.24, 2.45) is 11.8 Å². The number of hydrogen-bond acceptors (Lipinski definition) is 2. The van der Waals surface area contributed by atoms with E-state index in [1.807, 2.05) is 6.20 Å². The van der Waals surface area contributed by atoms with E-state index < -0.39 is 0 Å². The fourth-order valence-electron chi connectivity index (χ4n) is 1.68. The molecule has 0 amide bonds. The van der Waals surface area contributed by atoms with Gasteiger partial charge in [0.15, 0.2) is 0 Å². The fraction of sp³-hybridized carbons (Fsp3) is 0.636. The van der Waals surface area contributed by atoms with Crippen molar-refractivity contribution in [3.63, 3.8) is 0 Å². The average molecular weight is 178 g/mol. The minimum absolute atomic E-state index is 0.705. The number of nitrogens with zero attached hydrogens (tertiary/aromatic N) is 2. The summed E-state index contributed by atoms with van der Waals surface area (Å²) in [5.74, 6) is 1.48. The summed E-state index contributed by atoms with van der Waals surface area (Å²) < 4.78 is 0. The van der Waals surface area contributed by atoms with Gasteiger partial charge in [-0.3, -0.25) is 9.97 Å². The summed E-state index contributed by atoms with van der Waals surface area (Å²) in [6.07, 6.45) is 7.65. The second-order valence-electron chi connectivity index (χ2n) is 4.14. The van der Waals surface area contributed by atoms with Gasteiger partial charge in [-0.05, 0) is 24.7 Å². The first-order valence-electron chi connectivity index (χ1n) is 4.93. The third-order valence-electron chi connectivity index (χ3n) is 2.05. The van der Waals surface area contributed by atoms with Crippen LogP contribution in [0.1, 0.15) is 32.9 Å². The lowest BCUT2D eigenvalue weighted by molar-refractivity contribution is 0.433. The Balaban J connectivity index is 2.41. The molecule has 2 nitrogen and oxygen atoms in total. The van der Waals surface area contributed by atoms with Crippen molar-refractivity contribution in [1.82, 2.24) is 9.97 Å². The standard InChI is InChI=1S/C11H18N2/c1-9(2)6-10(3)7-11-8-12-4-5-13-11/h4-5,8-10H,6-7H2,1-3H3. The highest BCUT2D eigenvalue weighted by molar-refractivity contribution is 4.95. The molecule has 0 spiro atoms. The third kappa shape index (κ3) is 4.02. The van der Waals surface area contributed by atoms with Crippen LogP contribution in [-0.2, 0) is 6.42 Å². The molecule has 1 unspecified atom stereocenters. The number of rotatable bonds is 4. The van der Waals surface area contributed by atoms with Crippen molar-refractivity contribution >= 4 is 0 Å². The first-order chi connectivity index (χ1) is 6.18. The second-order valence-corrected chi connectivity index (χ2v) is 4.14. The van der Waals surface area contributed by atoms with Gasteiger partial charge in [-0.1, -0.05) is 20.8 Å². The largest absolute Gasteiger partial charge is 0.261 e. The lowest BCUT2D eigenvalue weighted by Gasteiger charge is -2.12. The first-order valence-corrected chi connectivity index (χ1v) is 4.93. The highest BCUT2D eigenvalue weighted by Crippen LogP contribution is 2.14. The summed E-state index contributed by atoms with van der Waals surface area (Å²) in [6, 6.07) is 0. The Kier molecular flexibility index (Phi) is 3.87. The van der Waals surface area contributed by atoms with Crippen LogP contribution < -0.4 is 0 Å². The molecule has 0 saturated heterocycles. The lowest BCUT2D eigenvalue weighted by Crippen LogP contribution is -2.05. The summed E-state index contributed by atoms with van der Waals surface area (Å²) in [5.41, 5.74) is 1.11. The van der Waals surface area contributed by atoms with E-state index in [2.05, 4.69) is 30.7 Å². The van der Waals surface area contributed by atoms with Crippen molar-refractivity contribution in [1.29, 1.82) is 0 Å². The van der Waals surface area contributed by atoms with Crippen LogP contribution in [0.3, 0.4) is 0 Å². The van der Waals surface area contributed by atoms with E-state index in [9.17, 15) is 0 Å². The molecule has 2 heteroatoms. The molecule has 1 atom stereocenters. The summed E-state index contributed by atoms with van der Waals surface area (Å²) in [7, 11) is 0. The normalized spacial score (nSPS) is 13.2. The Bertz CT molecular complexity index is 231. The molecule has 0 radical (unpaired) electrons. The van der Waals surface area contributed by atoms with Gasteiger partial charge in [-0.25, -0.2) is 0 Å². The Hall–Kier alpha value is -0.920. The van der Waals surface area contributed by atoms with E-state index in [-0.39, 0.29) is 0 Å². The Morgan fingerprint density at radius 1 is 1.23 bits per heavy atom. The molecule has 1 aromatic rings. The van der Waals surface area contributed by atoms with Crippen LogP contribution in [0.2, 0.25) is 0 Å². The van der Waals surface area contributed by atoms with Crippen LogP contribution in [-0.4, -0.2) is 9.97 Å². The molecule has 0 aliphatic rings. The Morgan fingerprint density at radius 2 is 2.00 bits per heavy atom. The van der Waals surface area contributed by atoms with Crippen molar-refractivity contribution in [3.05, 3.63) is 24.3 Å². The first kappa shape index (κ1) is 10.2. The molecule has 0 fully saturated rings. The van der Waals surface area contributed by atoms with Crippen LogP contribution in [0.5, 0.6) is 0 Å². The highest BCUT2D eigenvalue weighted by Gasteiger charge is 2.06. The second kappa shape index (κ2) is 4.95. The predicted molar refractivity (Wildman–Crippen MR) is 54.4 cm³/mol. The topological polar surface area (TPSA) is 25.8 Å². The van der Waals surface area contributed by atoms with Crippen LogP contribution >= 0.6 is 0 Å². The van der Waals surface area contributed by atoms with E-state index in [0.29, 0.717) is 5.92 Å². The van der Waals surface area contributed by atoms with Gasteiger partial charge in [0, 0.05) is 18.6 Å². The SMILES string of the molecule is CC(C)CC(C)Cc1cnccn1. The van der Waals surface area contributed by atoms with Crippen molar-refractivity contribution in [2.45, 2.75) is 33.6 Å². The summed E-state index contributed by atoms with van der Waals surface area (Å²) in [5, 5.41) is 0. The maximum absolute atomic E-state index is 4.26. The molecule has 1 rings (SSSR count). The summed E-state index contributed by atoms with van der Waals surface area (Å²) in [4.78, 5) is 8.32. The molecular formula is C11H18N2. The molecule has 0 aromatic carbocycles. The molecular weight excluding hydrogens is 160 g/mol. The monoisotopic (exact) mass is 178 g/mol. The minimum atomic E-state index is 0.705. The zero-order chi connectivity index (χ0) is 9.68. The van der Waals surface area contributed by atoms with Crippen LogP contribution in [0.15, 0.2) is 18.6 Å². The fourth-order valence-corrected chi connectivity index (χ4v) is 1.68. The highest BCUT2D eigenvalue weighted by atomic mass is 14.8. The molecule has 0 bridgehead atoms. The molecule has 1 heterocycles. The lowest BCUT2D eigenvalue weighted by atomic mass is 9.95. The predicted octanol–water partition coefficient (Wildman–Crippen LogP) is 2.70. The van der Waals surface area contributed by atoms with Crippen LogP contribution in [0.25, 0.3) is 0 Å². The molecule has 0 N–H and O–H groups in total. The Morgan fingerprint density at radius 3 is 2.54 bits per heavy atom. The van der Waals surface area contributed by atoms with Crippen LogP contribution in [0, 0.1) is 11.8 Å². The Labute approximate surface area is 80.4 Å². The quantitative estimate of drug-likeness (QED) is 0.708. The van der Waals surface area contributed by atoms with E-state index in [4.69, 9.17) is 0 Å². The van der Waals surface area contributed by atoms with Gasteiger partial charge in [0.2, 0.25) is 0 Å². The van der Waals surface area contributed by atoms with E-state index in [1.165, 1.54) is 6.42 Å². The van der Waals surface area contributed by atoms with Gasteiger partial charge >= 0.3 is 0 Å². The van der Waals surface area contributed by atoms with Crippen molar-refractivity contribution in [2.75, 3.05) is 0 Å².